The van der Waals surface area contributed by atoms with Gasteiger partial charge < -0.3 is 15.2 Å². The third-order valence-corrected chi connectivity index (χ3v) is 4.80. The minimum absolute atomic E-state index is 0.0787. The van der Waals surface area contributed by atoms with E-state index in [9.17, 15) is 24.5 Å². The zero-order chi connectivity index (χ0) is 23.1. The summed E-state index contributed by atoms with van der Waals surface area (Å²) in [6.07, 6.45) is 1.72. The molecule has 32 heavy (non-hydrogen) atoms. The van der Waals surface area contributed by atoms with E-state index >= 15 is 0 Å². The maximum Gasteiger partial charge on any atom is 0.270 e. The molecule has 9 heteroatoms. The van der Waals surface area contributed by atoms with Crippen molar-refractivity contribution in [2.75, 3.05) is 0 Å². The Kier molecular flexibility index (Phi) is 7.12. The highest BCUT2D eigenvalue weighted by molar-refractivity contribution is 5.97. The zero-order valence-corrected chi connectivity index (χ0v) is 17.4. The Morgan fingerprint density at radius 1 is 1.03 bits per heavy atom. The number of benzene rings is 2. The third kappa shape index (κ3) is 5.88. The van der Waals surface area contributed by atoms with E-state index in [-0.39, 0.29) is 29.3 Å². The molecule has 1 heterocycles. The van der Waals surface area contributed by atoms with E-state index < -0.39 is 16.9 Å². The molecule has 2 N–H and O–H groups in total. The Bertz CT molecular complexity index is 1190. The topological polar surface area (TPSA) is 123 Å². The van der Waals surface area contributed by atoms with Gasteiger partial charge in [0.05, 0.1) is 11.5 Å². The van der Waals surface area contributed by atoms with Crippen LogP contribution in [-0.4, -0.2) is 27.3 Å². The van der Waals surface area contributed by atoms with Crippen molar-refractivity contribution in [3.8, 4) is 0 Å². The minimum Gasteiger partial charge on any atom is -0.350 e. The van der Waals surface area contributed by atoms with E-state index in [1.165, 1.54) is 31.2 Å². The molecule has 0 radical (unpaired) electrons. The average Bonchev–Trinajstić information content (AvgIpc) is 2.79. The first-order valence-corrected chi connectivity index (χ1v) is 9.90. The summed E-state index contributed by atoms with van der Waals surface area (Å²) in [7, 11) is 0. The summed E-state index contributed by atoms with van der Waals surface area (Å²) in [4.78, 5) is 46.7. The second-order valence-electron chi connectivity index (χ2n) is 7.20. The molecule has 0 aliphatic rings. The smallest absolute Gasteiger partial charge is 0.270 e. The summed E-state index contributed by atoms with van der Waals surface area (Å²) >= 11 is 0. The first-order valence-electron chi connectivity index (χ1n) is 9.90. The Hall–Kier alpha value is -4.27. The van der Waals surface area contributed by atoms with Gasteiger partial charge >= 0.3 is 0 Å². The average molecular weight is 434 g/mol. The Morgan fingerprint density at radius 3 is 2.44 bits per heavy atom. The number of aromatic nitrogens is 1. The van der Waals surface area contributed by atoms with Crippen molar-refractivity contribution < 1.29 is 14.5 Å². The SMILES string of the molecule is CC(NC(=O)c1cccc([N+](=O)[O-])c1)C(=O)NCc1ccc(Cn2ccccc2=O)cc1. The van der Waals surface area contributed by atoms with Crippen molar-refractivity contribution in [2.45, 2.75) is 26.1 Å². The predicted molar refractivity (Wildman–Crippen MR) is 118 cm³/mol. The molecule has 3 aromatic rings. The van der Waals surface area contributed by atoms with Gasteiger partial charge in [-0.2, -0.15) is 0 Å². The van der Waals surface area contributed by atoms with Gasteiger partial charge in [0.2, 0.25) is 5.91 Å². The number of pyridine rings is 1. The van der Waals surface area contributed by atoms with Gasteiger partial charge in [-0.15, -0.1) is 0 Å². The Balaban J connectivity index is 1.52. The molecule has 1 unspecified atom stereocenters. The molecule has 164 valence electrons. The van der Waals surface area contributed by atoms with E-state index in [4.69, 9.17) is 0 Å². The highest BCUT2D eigenvalue weighted by Gasteiger charge is 2.18. The van der Waals surface area contributed by atoms with Crippen molar-refractivity contribution in [1.29, 1.82) is 0 Å². The first-order chi connectivity index (χ1) is 15.3. The highest BCUT2D eigenvalue weighted by atomic mass is 16.6. The molecule has 0 spiro atoms. The zero-order valence-electron chi connectivity index (χ0n) is 17.4. The largest absolute Gasteiger partial charge is 0.350 e. The van der Waals surface area contributed by atoms with Gasteiger partial charge in [-0.25, -0.2) is 0 Å². The molecule has 9 nitrogen and oxygen atoms in total. The number of hydrogen-bond acceptors (Lipinski definition) is 5. The summed E-state index contributed by atoms with van der Waals surface area (Å²) in [5.41, 5.74) is 1.64. The van der Waals surface area contributed by atoms with Crippen molar-refractivity contribution >= 4 is 17.5 Å². The lowest BCUT2D eigenvalue weighted by Crippen LogP contribution is -2.44. The van der Waals surface area contributed by atoms with Crippen LogP contribution in [0, 0.1) is 10.1 Å². The number of carbonyl (C=O) groups excluding carboxylic acids is 2. The number of rotatable bonds is 8. The summed E-state index contributed by atoms with van der Waals surface area (Å²) < 4.78 is 1.60. The van der Waals surface area contributed by atoms with Gasteiger partial charge in [0.1, 0.15) is 6.04 Å². The second-order valence-corrected chi connectivity index (χ2v) is 7.20. The lowest BCUT2D eigenvalue weighted by Gasteiger charge is -2.14. The van der Waals surface area contributed by atoms with Gasteiger partial charge in [-0.1, -0.05) is 36.4 Å². The van der Waals surface area contributed by atoms with Crippen LogP contribution in [0.1, 0.15) is 28.4 Å². The molecule has 3 rings (SSSR count). The molecule has 1 atom stereocenters. The molecular formula is C23H22N4O5. The van der Waals surface area contributed by atoms with Crippen LogP contribution in [0.2, 0.25) is 0 Å². The molecule has 0 bridgehead atoms. The predicted octanol–water partition coefficient (Wildman–Crippen LogP) is 2.24. The van der Waals surface area contributed by atoms with Gasteiger partial charge in [0, 0.05) is 36.5 Å². The van der Waals surface area contributed by atoms with Crippen LogP contribution in [0.5, 0.6) is 0 Å². The fourth-order valence-electron chi connectivity index (χ4n) is 3.00. The van der Waals surface area contributed by atoms with Crippen LogP contribution >= 0.6 is 0 Å². The summed E-state index contributed by atoms with van der Waals surface area (Å²) in [5.74, 6) is -0.958. The monoisotopic (exact) mass is 434 g/mol. The third-order valence-electron chi connectivity index (χ3n) is 4.80. The molecule has 1 aromatic heterocycles. The molecule has 0 aliphatic heterocycles. The van der Waals surface area contributed by atoms with E-state index in [1.807, 2.05) is 24.3 Å². The maximum atomic E-state index is 12.3. The number of carbonyl (C=O) groups is 2. The number of amides is 2. The standard InChI is InChI=1S/C23H22N4O5/c1-16(25-23(30)19-5-4-6-20(13-19)27(31)32)22(29)24-14-17-8-10-18(11-9-17)15-26-12-3-2-7-21(26)28/h2-13,16H,14-15H2,1H3,(H,24,29)(H,25,30). The fourth-order valence-corrected chi connectivity index (χ4v) is 3.00. The molecular weight excluding hydrogens is 412 g/mol. The van der Waals surface area contributed by atoms with Gasteiger partial charge in [-0.3, -0.25) is 24.5 Å². The Morgan fingerprint density at radius 2 is 1.75 bits per heavy atom. The van der Waals surface area contributed by atoms with Crippen LogP contribution in [0.3, 0.4) is 0 Å². The molecule has 2 amide bonds. The van der Waals surface area contributed by atoms with Crippen LogP contribution in [0.15, 0.2) is 77.7 Å². The molecule has 2 aromatic carbocycles. The minimum atomic E-state index is -0.828. The van der Waals surface area contributed by atoms with Gasteiger partial charge in [0.15, 0.2) is 0 Å². The van der Waals surface area contributed by atoms with Crippen molar-refractivity contribution in [3.63, 3.8) is 0 Å². The molecule has 0 saturated heterocycles. The molecule has 0 fully saturated rings. The van der Waals surface area contributed by atoms with E-state index in [2.05, 4.69) is 10.6 Å². The van der Waals surface area contributed by atoms with E-state index in [1.54, 1.807) is 22.9 Å². The lowest BCUT2D eigenvalue weighted by molar-refractivity contribution is -0.384. The fraction of sp³-hybridized carbons (Fsp3) is 0.174. The van der Waals surface area contributed by atoms with Gasteiger partial charge in [0.25, 0.3) is 17.2 Å². The van der Waals surface area contributed by atoms with Crippen LogP contribution in [0.25, 0.3) is 0 Å². The normalized spacial score (nSPS) is 11.4. The van der Waals surface area contributed by atoms with Crippen LogP contribution in [-0.2, 0) is 17.9 Å². The Labute approximate surface area is 183 Å². The van der Waals surface area contributed by atoms with Crippen molar-refractivity contribution in [1.82, 2.24) is 15.2 Å². The second kappa shape index (κ2) is 10.2. The number of nitro benzene ring substituents is 1. The van der Waals surface area contributed by atoms with Crippen molar-refractivity contribution in [2.24, 2.45) is 0 Å². The summed E-state index contributed by atoms with van der Waals surface area (Å²) in [6.45, 7) is 2.25. The van der Waals surface area contributed by atoms with Gasteiger partial charge in [-0.05, 0) is 30.2 Å². The van der Waals surface area contributed by atoms with E-state index in [0.29, 0.717) is 6.54 Å². The molecule has 0 aliphatic carbocycles. The summed E-state index contributed by atoms with van der Waals surface area (Å²) in [5, 5.41) is 16.1. The quantitative estimate of drug-likeness (QED) is 0.416. The number of nitro groups is 1. The lowest BCUT2D eigenvalue weighted by atomic mass is 10.1. The number of hydrogen-bond donors (Lipinski definition) is 2. The highest BCUT2D eigenvalue weighted by Crippen LogP contribution is 2.13. The van der Waals surface area contributed by atoms with Crippen LogP contribution < -0.4 is 16.2 Å². The maximum absolute atomic E-state index is 12.3. The number of nitrogens with one attached hydrogen (secondary N) is 2. The number of nitrogens with zero attached hydrogens (tertiary/aromatic N) is 2. The first kappa shape index (κ1) is 22.4. The van der Waals surface area contributed by atoms with E-state index in [0.717, 1.165) is 17.2 Å². The van der Waals surface area contributed by atoms with Crippen molar-refractivity contribution in [3.05, 3.63) is 110 Å². The van der Waals surface area contributed by atoms with Crippen LogP contribution in [0.4, 0.5) is 5.69 Å². The number of non-ortho nitro benzene ring substituents is 1. The summed E-state index contributed by atoms with van der Waals surface area (Å²) in [6, 6.07) is 16.9. The molecule has 0 saturated carbocycles.